The van der Waals surface area contributed by atoms with Gasteiger partial charge in [0.25, 0.3) is 0 Å². The van der Waals surface area contributed by atoms with Crippen LogP contribution in [0.5, 0.6) is 5.75 Å². The van der Waals surface area contributed by atoms with Gasteiger partial charge >= 0.3 is 6.03 Å². The molecule has 0 radical (unpaired) electrons. The van der Waals surface area contributed by atoms with Gasteiger partial charge in [0.2, 0.25) is 0 Å². The van der Waals surface area contributed by atoms with Gasteiger partial charge in [0, 0.05) is 18.7 Å². The van der Waals surface area contributed by atoms with Crippen LogP contribution >= 0.6 is 0 Å². The van der Waals surface area contributed by atoms with E-state index in [4.69, 9.17) is 4.74 Å². The number of carbonyl (C=O) groups excluding carboxylic acids is 1. The van der Waals surface area contributed by atoms with Gasteiger partial charge in [-0.3, -0.25) is 0 Å². The number of ether oxygens (including phenoxy) is 1. The highest BCUT2D eigenvalue weighted by Gasteiger charge is 2.15. The molecule has 132 valence electrons. The van der Waals surface area contributed by atoms with E-state index in [1.807, 2.05) is 18.2 Å². The first kappa shape index (κ1) is 17.1. The molecule has 2 aliphatic heterocycles. The van der Waals surface area contributed by atoms with Crippen molar-refractivity contribution >= 4 is 11.7 Å². The molecule has 1 saturated heterocycles. The van der Waals surface area contributed by atoms with Crippen LogP contribution in [0.2, 0.25) is 0 Å². The number of hydrogen-bond donors (Lipinski definition) is 2. The summed E-state index contributed by atoms with van der Waals surface area (Å²) in [6.45, 7) is 7.42. The van der Waals surface area contributed by atoms with Crippen molar-refractivity contribution in [1.82, 2.24) is 10.2 Å². The zero-order valence-corrected chi connectivity index (χ0v) is 14.6. The van der Waals surface area contributed by atoms with Gasteiger partial charge in [-0.15, -0.1) is 0 Å². The maximum atomic E-state index is 11.9. The molecule has 2 heterocycles. The molecule has 5 heteroatoms. The number of benzene rings is 1. The molecule has 24 heavy (non-hydrogen) atoms. The van der Waals surface area contributed by atoms with E-state index in [1.165, 1.54) is 31.5 Å². The Morgan fingerprint density at radius 2 is 2.12 bits per heavy atom. The van der Waals surface area contributed by atoms with Crippen LogP contribution in [0.1, 0.15) is 38.2 Å². The first-order chi connectivity index (χ1) is 11.7. The highest BCUT2D eigenvalue weighted by Crippen LogP contribution is 2.27. The molecule has 2 amide bonds. The van der Waals surface area contributed by atoms with E-state index < -0.39 is 0 Å². The number of hydrogen-bond acceptors (Lipinski definition) is 3. The Labute approximate surface area is 144 Å². The van der Waals surface area contributed by atoms with Crippen molar-refractivity contribution in [2.24, 2.45) is 5.92 Å². The minimum atomic E-state index is -0.124. The molecule has 0 spiro atoms. The third kappa shape index (κ3) is 4.87. The van der Waals surface area contributed by atoms with E-state index in [2.05, 4.69) is 22.5 Å². The van der Waals surface area contributed by atoms with Gasteiger partial charge in [0.1, 0.15) is 5.75 Å². The zero-order valence-electron chi connectivity index (χ0n) is 14.6. The van der Waals surface area contributed by atoms with E-state index in [0.29, 0.717) is 0 Å². The minimum absolute atomic E-state index is 0.124. The standard InChI is InChI=1S/C19H29N3O2/c1-15-6-11-22(12-7-15)10-3-2-9-20-19(23)21-17-4-5-18-16(14-17)8-13-24-18/h4-5,14-15H,2-3,6-13H2,1H3,(H2,20,21,23). The summed E-state index contributed by atoms with van der Waals surface area (Å²) < 4.78 is 5.47. The molecule has 3 rings (SSSR count). The first-order valence-electron chi connectivity index (χ1n) is 9.23. The van der Waals surface area contributed by atoms with Crippen LogP contribution in [0.15, 0.2) is 18.2 Å². The molecule has 0 unspecified atom stereocenters. The summed E-state index contributed by atoms with van der Waals surface area (Å²) in [5, 5.41) is 5.84. The molecule has 1 aromatic carbocycles. The Bertz CT molecular complexity index is 554. The van der Waals surface area contributed by atoms with Crippen molar-refractivity contribution in [3.63, 3.8) is 0 Å². The lowest BCUT2D eigenvalue weighted by Gasteiger charge is -2.30. The van der Waals surface area contributed by atoms with Crippen molar-refractivity contribution in [3.05, 3.63) is 23.8 Å². The van der Waals surface area contributed by atoms with Crippen LogP contribution in [0, 0.1) is 5.92 Å². The smallest absolute Gasteiger partial charge is 0.319 e. The predicted molar refractivity (Wildman–Crippen MR) is 96.7 cm³/mol. The number of piperidine rings is 1. The normalized spacial score (nSPS) is 18.0. The highest BCUT2D eigenvalue weighted by atomic mass is 16.5. The minimum Gasteiger partial charge on any atom is -0.493 e. The monoisotopic (exact) mass is 331 g/mol. The number of nitrogens with one attached hydrogen (secondary N) is 2. The number of unbranched alkanes of at least 4 members (excludes halogenated alkanes) is 1. The third-order valence-electron chi connectivity index (χ3n) is 5.01. The summed E-state index contributed by atoms with van der Waals surface area (Å²) in [6, 6.07) is 5.69. The maximum absolute atomic E-state index is 11.9. The summed E-state index contributed by atoms with van der Waals surface area (Å²) in [4.78, 5) is 14.5. The van der Waals surface area contributed by atoms with Crippen molar-refractivity contribution in [3.8, 4) is 5.75 Å². The van der Waals surface area contributed by atoms with Gasteiger partial charge in [0.05, 0.1) is 6.61 Å². The molecule has 2 N–H and O–H groups in total. The first-order valence-corrected chi connectivity index (χ1v) is 9.23. The summed E-state index contributed by atoms with van der Waals surface area (Å²) in [6.07, 6.45) is 5.74. The number of likely N-dealkylation sites (tertiary alicyclic amines) is 1. The Kier molecular flexibility index (Phi) is 5.96. The lowest BCUT2D eigenvalue weighted by Crippen LogP contribution is -2.34. The SMILES string of the molecule is CC1CCN(CCCCNC(=O)Nc2ccc3c(c2)CCO3)CC1. The van der Waals surface area contributed by atoms with Gasteiger partial charge in [-0.2, -0.15) is 0 Å². The Morgan fingerprint density at radius 1 is 1.29 bits per heavy atom. The summed E-state index contributed by atoms with van der Waals surface area (Å²) in [7, 11) is 0. The summed E-state index contributed by atoms with van der Waals surface area (Å²) in [5.74, 6) is 1.82. The Balaban J connectivity index is 1.29. The van der Waals surface area contributed by atoms with Gasteiger partial charge in [-0.05, 0) is 75.0 Å². The quantitative estimate of drug-likeness (QED) is 0.787. The molecule has 0 saturated carbocycles. The molecule has 0 aromatic heterocycles. The fourth-order valence-electron chi connectivity index (χ4n) is 3.39. The van der Waals surface area contributed by atoms with E-state index in [-0.39, 0.29) is 6.03 Å². The highest BCUT2D eigenvalue weighted by molar-refractivity contribution is 5.89. The van der Waals surface area contributed by atoms with Crippen molar-refractivity contribution < 1.29 is 9.53 Å². The van der Waals surface area contributed by atoms with E-state index in [0.717, 1.165) is 56.3 Å². The third-order valence-corrected chi connectivity index (χ3v) is 5.01. The van der Waals surface area contributed by atoms with Gasteiger partial charge in [-0.1, -0.05) is 6.92 Å². The number of amides is 2. The molecule has 0 atom stereocenters. The predicted octanol–water partition coefficient (Wildman–Crippen LogP) is 3.26. The van der Waals surface area contributed by atoms with Gasteiger partial charge in [0.15, 0.2) is 0 Å². The van der Waals surface area contributed by atoms with Crippen LogP contribution in [0.3, 0.4) is 0 Å². The van der Waals surface area contributed by atoms with Gasteiger partial charge < -0.3 is 20.3 Å². The molecular formula is C19H29N3O2. The fraction of sp³-hybridized carbons (Fsp3) is 0.632. The zero-order chi connectivity index (χ0) is 16.8. The van der Waals surface area contributed by atoms with Crippen LogP contribution < -0.4 is 15.4 Å². The number of urea groups is 1. The van der Waals surface area contributed by atoms with Crippen LogP contribution in [-0.4, -0.2) is 43.7 Å². The molecule has 0 bridgehead atoms. The van der Waals surface area contributed by atoms with Crippen molar-refractivity contribution in [2.45, 2.75) is 39.0 Å². The lowest BCUT2D eigenvalue weighted by molar-refractivity contribution is 0.189. The lowest BCUT2D eigenvalue weighted by atomic mass is 9.99. The second-order valence-electron chi connectivity index (χ2n) is 7.03. The number of nitrogens with zero attached hydrogens (tertiary/aromatic N) is 1. The molecule has 0 aliphatic carbocycles. The largest absolute Gasteiger partial charge is 0.493 e. The summed E-state index contributed by atoms with van der Waals surface area (Å²) >= 11 is 0. The molecule has 1 aromatic rings. The fourth-order valence-corrected chi connectivity index (χ4v) is 3.39. The number of rotatable bonds is 6. The Hall–Kier alpha value is -1.75. The van der Waals surface area contributed by atoms with Crippen LogP contribution in [0.25, 0.3) is 0 Å². The molecule has 2 aliphatic rings. The number of carbonyl (C=O) groups is 1. The topological polar surface area (TPSA) is 53.6 Å². The second-order valence-corrected chi connectivity index (χ2v) is 7.03. The van der Waals surface area contributed by atoms with Crippen LogP contribution in [-0.2, 0) is 6.42 Å². The van der Waals surface area contributed by atoms with E-state index >= 15 is 0 Å². The van der Waals surface area contributed by atoms with Crippen molar-refractivity contribution in [1.29, 1.82) is 0 Å². The molecular weight excluding hydrogens is 302 g/mol. The second kappa shape index (κ2) is 8.38. The number of anilines is 1. The van der Waals surface area contributed by atoms with Crippen LogP contribution in [0.4, 0.5) is 10.5 Å². The number of fused-ring (bicyclic) bond motifs is 1. The van der Waals surface area contributed by atoms with Gasteiger partial charge in [-0.25, -0.2) is 4.79 Å². The van der Waals surface area contributed by atoms with Crippen molar-refractivity contribution in [2.75, 3.05) is 38.1 Å². The summed E-state index contributed by atoms with van der Waals surface area (Å²) in [5.41, 5.74) is 2.00. The average molecular weight is 331 g/mol. The van der Waals surface area contributed by atoms with E-state index in [9.17, 15) is 4.79 Å². The Morgan fingerprint density at radius 3 is 2.96 bits per heavy atom. The molecule has 1 fully saturated rings. The average Bonchev–Trinajstić information content (AvgIpc) is 3.04. The molecule has 5 nitrogen and oxygen atoms in total. The maximum Gasteiger partial charge on any atom is 0.319 e. The van der Waals surface area contributed by atoms with E-state index in [1.54, 1.807) is 0 Å².